The minimum Gasteiger partial charge on any atom is -0.489 e. The van der Waals surface area contributed by atoms with Crippen molar-refractivity contribution in [3.8, 4) is 5.75 Å². The number of likely N-dealkylation sites (N-methyl/N-ethyl adjacent to an activating group) is 1. The molecule has 0 aromatic heterocycles. The molecule has 142 valence electrons. The van der Waals surface area contributed by atoms with Crippen LogP contribution >= 0.6 is 16.9 Å². The molecule has 0 N–H and O–H groups in total. The molecule has 7 rings (SSSR count). The molecule has 4 aliphatic carbocycles. The van der Waals surface area contributed by atoms with Crippen LogP contribution in [0.15, 0.2) is 12.1 Å². The summed E-state index contributed by atoms with van der Waals surface area (Å²) in [5, 5.41) is 0.377. The molecule has 2 heterocycles. The Labute approximate surface area is 177 Å². The molecule has 27 heavy (non-hydrogen) atoms. The van der Waals surface area contributed by atoms with Gasteiger partial charge in [0.2, 0.25) is 0 Å². The van der Waals surface area contributed by atoms with Gasteiger partial charge in [0.25, 0.3) is 0 Å². The quantitative estimate of drug-likeness (QED) is 0.412. The SMILES string of the molecule is CCN1CC[C@]23c4c5ccc(P=O)c4O[C@H]2[C@]2(P=O)[CH-]C[C@]3(CC2)[C@H]1C5.[W]. The van der Waals surface area contributed by atoms with Gasteiger partial charge in [0.1, 0.15) is 14.2 Å². The van der Waals surface area contributed by atoms with Crippen LogP contribution in [0.5, 0.6) is 5.75 Å². The summed E-state index contributed by atoms with van der Waals surface area (Å²) in [6, 6.07) is 4.67. The number of benzene rings is 1. The maximum absolute atomic E-state index is 12.4. The number of hydrogen-bond acceptors (Lipinski definition) is 4. The van der Waals surface area contributed by atoms with Gasteiger partial charge in [0.05, 0.1) is 11.4 Å². The Hall–Kier alpha value is -0.132. The second kappa shape index (κ2) is 5.95. The maximum atomic E-state index is 12.4. The fourth-order valence-electron chi connectivity index (χ4n) is 7.45. The molecule has 2 aliphatic heterocycles. The maximum Gasteiger partial charge on any atom is 0.196 e. The van der Waals surface area contributed by atoms with Crippen molar-refractivity contribution in [3.05, 3.63) is 29.7 Å². The molecular formula is C20H22NO3P2W-. The summed E-state index contributed by atoms with van der Waals surface area (Å²) in [5.41, 5.74) is 2.82. The number of likely N-dealkylation sites (tertiary alicyclic amines) is 1. The fourth-order valence-corrected chi connectivity index (χ4v) is 8.57. The van der Waals surface area contributed by atoms with Gasteiger partial charge in [-0.15, -0.1) is 0 Å². The molecule has 2 spiro atoms. The van der Waals surface area contributed by atoms with Gasteiger partial charge in [-0.1, -0.05) is 19.4 Å². The molecular weight excluding hydrogens is 548 g/mol. The van der Waals surface area contributed by atoms with E-state index in [1.165, 1.54) is 11.1 Å². The van der Waals surface area contributed by atoms with Crippen LogP contribution in [-0.4, -0.2) is 35.3 Å². The first kappa shape index (κ1) is 18.9. The van der Waals surface area contributed by atoms with Crippen LogP contribution in [0.4, 0.5) is 0 Å². The summed E-state index contributed by atoms with van der Waals surface area (Å²) in [5.74, 6) is 0.849. The van der Waals surface area contributed by atoms with Crippen molar-refractivity contribution in [2.75, 3.05) is 13.1 Å². The Morgan fingerprint density at radius 1 is 1.30 bits per heavy atom. The Morgan fingerprint density at radius 3 is 2.81 bits per heavy atom. The molecule has 1 aromatic carbocycles. The van der Waals surface area contributed by atoms with E-state index in [1.807, 2.05) is 6.07 Å². The second-order valence-electron chi connectivity index (χ2n) is 8.75. The zero-order valence-corrected chi connectivity index (χ0v) is 20.0. The summed E-state index contributed by atoms with van der Waals surface area (Å²) in [7, 11) is 0.204. The third kappa shape index (κ3) is 1.87. The van der Waals surface area contributed by atoms with Crippen LogP contribution in [0.2, 0.25) is 0 Å². The van der Waals surface area contributed by atoms with Crippen molar-refractivity contribution >= 4 is 22.2 Å². The van der Waals surface area contributed by atoms with Gasteiger partial charge in [-0.2, -0.15) is 6.42 Å². The fraction of sp³-hybridized carbons (Fsp3) is 0.650. The Bertz CT molecular complexity index is 854. The monoisotopic (exact) mass is 570 g/mol. The van der Waals surface area contributed by atoms with Crippen molar-refractivity contribution in [3.63, 3.8) is 0 Å². The number of rotatable bonds is 3. The zero-order valence-electron chi connectivity index (χ0n) is 15.3. The summed E-state index contributed by atoms with van der Waals surface area (Å²) in [4.78, 5) is 2.67. The van der Waals surface area contributed by atoms with E-state index >= 15 is 0 Å². The largest absolute Gasteiger partial charge is 0.489 e. The molecule has 1 aromatic rings. The molecule has 4 nitrogen and oxygen atoms in total. The Balaban J connectivity index is 0.00000160. The predicted octanol–water partition coefficient (Wildman–Crippen LogP) is 3.67. The molecule has 4 bridgehead atoms. The van der Waals surface area contributed by atoms with Crippen LogP contribution in [0.3, 0.4) is 0 Å². The molecule has 4 fully saturated rings. The van der Waals surface area contributed by atoms with Crippen molar-refractivity contribution < 1.29 is 34.9 Å². The summed E-state index contributed by atoms with van der Waals surface area (Å²) in [6.45, 7) is 4.43. The van der Waals surface area contributed by atoms with Crippen molar-refractivity contribution in [1.29, 1.82) is 0 Å². The van der Waals surface area contributed by atoms with Gasteiger partial charge in [0.15, 0.2) is 8.46 Å². The third-order valence-electron chi connectivity index (χ3n) is 8.45. The summed E-state index contributed by atoms with van der Waals surface area (Å²) >= 11 is 0. The van der Waals surface area contributed by atoms with Crippen LogP contribution in [0, 0.1) is 11.8 Å². The minimum atomic E-state index is -0.384. The standard InChI is InChI=1S/C20H22NO3P2.W/c1-2-21-10-9-20-15-12-3-4-13(25-22)16(15)24-17(20)19(26-23)7-5-18(20,6-8-19)14(21)11-12;/h3-4,7,14,17H,2,5-6,8-11H2,1H3;/q-1;/t14-,17+,18+,19+,20+;/m1./s1. The molecule has 0 amide bonds. The summed E-state index contributed by atoms with van der Waals surface area (Å²) < 4.78 is 30.8. The molecule has 0 radical (unpaired) electrons. The molecule has 3 saturated carbocycles. The van der Waals surface area contributed by atoms with Gasteiger partial charge in [-0.3, -0.25) is 14.0 Å². The van der Waals surface area contributed by atoms with Crippen LogP contribution in [0.25, 0.3) is 0 Å². The number of ether oxygens (including phenoxy) is 1. The predicted molar refractivity (Wildman–Crippen MR) is 100 cm³/mol. The number of nitrogens with zero attached hydrogens (tertiary/aromatic N) is 1. The van der Waals surface area contributed by atoms with Gasteiger partial charge in [-0.05, 0) is 54.6 Å². The minimum absolute atomic E-state index is 0. The van der Waals surface area contributed by atoms with Gasteiger partial charge in [0, 0.05) is 38.1 Å². The third-order valence-corrected chi connectivity index (χ3v) is 9.98. The Kier molecular flexibility index (Phi) is 4.16. The molecule has 5 atom stereocenters. The van der Waals surface area contributed by atoms with E-state index in [0.717, 1.165) is 56.2 Å². The number of piperidine rings is 1. The van der Waals surface area contributed by atoms with E-state index in [-0.39, 0.29) is 60.1 Å². The van der Waals surface area contributed by atoms with E-state index in [9.17, 15) is 9.13 Å². The first-order valence-corrected chi connectivity index (χ1v) is 11.4. The van der Waals surface area contributed by atoms with Crippen molar-refractivity contribution in [2.24, 2.45) is 5.41 Å². The Morgan fingerprint density at radius 2 is 2.15 bits per heavy atom. The molecule has 0 unspecified atom stereocenters. The number of hydrogen-bond donors (Lipinski definition) is 0. The van der Waals surface area contributed by atoms with Gasteiger partial charge < -0.3 is 11.2 Å². The zero-order chi connectivity index (χ0) is 17.7. The average Bonchev–Trinajstić information content (AvgIpc) is 3.05. The van der Waals surface area contributed by atoms with Crippen molar-refractivity contribution in [2.45, 2.75) is 61.7 Å². The van der Waals surface area contributed by atoms with E-state index in [4.69, 9.17) is 4.74 Å². The van der Waals surface area contributed by atoms with Gasteiger partial charge >= 0.3 is 0 Å². The average molecular weight is 570 g/mol. The van der Waals surface area contributed by atoms with Crippen LogP contribution in [-0.2, 0) is 42.0 Å². The van der Waals surface area contributed by atoms with E-state index in [0.29, 0.717) is 6.04 Å². The molecule has 1 saturated heterocycles. The van der Waals surface area contributed by atoms with Crippen LogP contribution < -0.4 is 10.0 Å². The first-order valence-electron chi connectivity index (χ1n) is 9.75. The molecule has 7 heteroatoms. The number of fused-ring (bicyclic) bond motifs is 2. The summed E-state index contributed by atoms with van der Waals surface area (Å²) in [6.07, 6.45) is 7.46. The smallest absolute Gasteiger partial charge is 0.196 e. The topological polar surface area (TPSA) is 46.6 Å². The van der Waals surface area contributed by atoms with E-state index in [2.05, 4.69) is 24.3 Å². The van der Waals surface area contributed by atoms with Crippen LogP contribution in [0.1, 0.15) is 43.7 Å². The van der Waals surface area contributed by atoms with E-state index < -0.39 is 0 Å². The second-order valence-corrected chi connectivity index (χ2v) is 10.4. The molecule has 6 aliphatic rings. The van der Waals surface area contributed by atoms with E-state index in [1.54, 1.807) is 0 Å². The van der Waals surface area contributed by atoms with Crippen molar-refractivity contribution in [1.82, 2.24) is 4.90 Å². The normalized spacial score (nSPS) is 43.3. The first-order chi connectivity index (χ1) is 12.7. The van der Waals surface area contributed by atoms with Gasteiger partial charge in [-0.25, -0.2) is 0 Å².